The third-order valence-electron chi connectivity index (χ3n) is 3.87. The lowest BCUT2D eigenvalue weighted by Gasteiger charge is -2.40. The molecular weight excluding hydrogens is 212 g/mol. The van der Waals surface area contributed by atoms with E-state index in [1.165, 1.54) is 17.5 Å². The highest BCUT2D eigenvalue weighted by atomic mass is 16.5. The van der Waals surface area contributed by atoms with Crippen LogP contribution in [0.3, 0.4) is 0 Å². The van der Waals surface area contributed by atoms with E-state index < -0.39 is 0 Å². The highest BCUT2D eigenvalue weighted by Gasteiger charge is 2.36. The molecule has 2 heteroatoms. The first-order chi connectivity index (χ1) is 8.19. The molecule has 1 aliphatic rings. The number of ether oxygens (including phenoxy) is 1. The molecule has 0 aliphatic heterocycles. The third kappa shape index (κ3) is 2.63. The molecule has 2 rings (SSSR count). The van der Waals surface area contributed by atoms with Crippen LogP contribution >= 0.6 is 0 Å². The molecule has 0 heterocycles. The van der Waals surface area contributed by atoms with Crippen LogP contribution in [0.25, 0.3) is 0 Å². The summed E-state index contributed by atoms with van der Waals surface area (Å²) in [7, 11) is 0. The molecule has 1 aromatic rings. The number of aliphatic hydroxyl groups excluding tert-OH is 1. The van der Waals surface area contributed by atoms with E-state index in [1.54, 1.807) is 0 Å². The molecule has 0 aromatic heterocycles. The van der Waals surface area contributed by atoms with Crippen molar-refractivity contribution in [3.05, 3.63) is 29.3 Å². The second kappa shape index (κ2) is 5.09. The topological polar surface area (TPSA) is 29.5 Å². The lowest BCUT2D eigenvalue weighted by Crippen LogP contribution is -2.35. The molecule has 2 nitrogen and oxygen atoms in total. The van der Waals surface area contributed by atoms with Crippen LogP contribution < -0.4 is 4.74 Å². The summed E-state index contributed by atoms with van der Waals surface area (Å²) in [4.78, 5) is 0. The number of hydrogen-bond acceptors (Lipinski definition) is 2. The molecule has 0 radical (unpaired) electrons. The minimum atomic E-state index is 0.166. The van der Waals surface area contributed by atoms with E-state index in [-0.39, 0.29) is 5.41 Å². The van der Waals surface area contributed by atoms with Gasteiger partial charge in [0.15, 0.2) is 0 Å². The molecular formula is C15H22O2. The fourth-order valence-corrected chi connectivity index (χ4v) is 2.64. The fourth-order valence-electron chi connectivity index (χ4n) is 2.64. The Morgan fingerprint density at radius 3 is 2.59 bits per heavy atom. The number of aryl methyl sites for hydroxylation is 1. The number of rotatable bonds is 5. The summed E-state index contributed by atoms with van der Waals surface area (Å²) in [5.41, 5.74) is 2.68. The number of benzene rings is 1. The fraction of sp³-hybridized carbons (Fsp3) is 0.600. The van der Waals surface area contributed by atoms with Crippen LogP contribution in [0.4, 0.5) is 0 Å². The van der Waals surface area contributed by atoms with Gasteiger partial charge < -0.3 is 9.84 Å². The van der Waals surface area contributed by atoms with Crippen molar-refractivity contribution >= 4 is 0 Å². The molecule has 0 saturated heterocycles. The Kier molecular flexibility index (Phi) is 3.72. The van der Waals surface area contributed by atoms with Crippen LogP contribution in [0.5, 0.6) is 5.75 Å². The maximum absolute atomic E-state index is 9.48. The summed E-state index contributed by atoms with van der Waals surface area (Å²) in [5, 5.41) is 9.48. The largest absolute Gasteiger partial charge is 0.494 e. The normalized spacial score (nSPS) is 17.6. The molecule has 0 unspecified atom stereocenters. The van der Waals surface area contributed by atoms with Gasteiger partial charge in [-0.1, -0.05) is 18.6 Å². The van der Waals surface area contributed by atoms with Crippen molar-refractivity contribution in [1.82, 2.24) is 0 Å². The molecule has 1 saturated carbocycles. The quantitative estimate of drug-likeness (QED) is 0.848. The Morgan fingerprint density at radius 1 is 1.35 bits per heavy atom. The van der Waals surface area contributed by atoms with E-state index in [9.17, 15) is 5.11 Å². The molecule has 94 valence electrons. The zero-order valence-corrected chi connectivity index (χ0v) is 10.8. The van der Waals surface area contributed by atoms with E-state index in [1.807, 2.05) is 6.92 Å². The maximum atomic E-state index is 9.48. The van der Waals surface area contributed by atoms with Gasteiger partial charge in [-0.05, 0) is 55.7 Å². The molecule has 1 aliphatic carbocycles. The maximum Gasteiger partial charge on any atom is 0.122 e. The van der Waals surface area contributed by atoms with Crippen LogP contribution in [0.1, 0.15) is 37.3 Å². The number of hydrogen-bond donors (Lipinski definition) is 1. The standard InChI is InChI=1S/C15H22O2/c1-3-17-14-6-5-13(9-12(14)2)10-15(11-16)7-4-8-15/h5-6,9,16H,3-4,7-8,10-11H2,1-2H3. The van der Waals surface area contributed by atoms with E-state index in [4.69, 9.17) is 4.74 Å². The summed E-state index contributed by atoms with van der Waals surface area (Å²) < 4.78 is 5.54. The van der Waals surface area contributed by atoms with Crippen molar-refractivity contribution in [3.8, 4) is 5.75 Å². The number of aliphatic hydroxyl groups is 1. The van der Waals surface area contributed by atoms with Crippen molar-refractivity contribution in [1.29, 1.82) is 0 Å². The predicted octanol–water partition coefficient (Wildman–Crippen LogP) is 3.10. The SMILES string of the molecule is CCOc1ccc(CC2(CO)CCC2)cc1C. The molecule has 1 aromatic carbocycles. The summed E-state index contributed by atoms with van der Waals surface area (Å²) >= 11 is 0. The zero-order chi connectivity index (χ0) is 12.3. The van der Waals surface area contributed by atoms with E-state index >= 15 is 0 Å². The Bertz CT molecular complexity index is 375. The van der Waals surface area contributed by atoms with Crippen LogP contribution in [0, 0.1) is 12.3 Å². The Hall–Kier alpha value is -1.02. The average Bonchev–Trinajstić information content (AvgIpc) is 2.27. The highest BCUT2D eigenvalue weighted by Crippen LogP contribution is 2.43. The van der Waals surface area contributed by atoms with Crippen molar-refractivity contribution < 1.29 is 9.84 Å². The van der Waals surface area contributed by atoms with E-state index in [0.29, 0.717) is 13.2 Å². The van der Waals surface area contributed by atoms with Crippen molar-refractivity contribution in [2.24, 2.45) is 5.41 Å². The van der Waals surface area contributed by atoms with Gasteiger partial charge >= 0.3 is 0 Å². The van der Waals surface area contributed by atoms with Crippen LogP contribution in [-0.2, 0) is 6.42 Å². The minimum Gasteiger partial charge on any atom is -0.494 e. The molecule has 1 N–H and O–H groups in total. The molecule has 0 atom stereocenters. The first-order valence-electron chi connectivity index (χ1n) is 6.52. The zero-order valence-electron chi connectivity index (χ0n) is 10.8. The summed E-state index contributed by atoms with van der Waals surface area (Å²) in [5.74, 6) is 0.975. The first-order valence-corrected chi connectivity index (χ1v) is 6.52. The minimum absolute atomic E-state index is 0.166. The van der Waals surface area contributed by atoms with Crippen molar-refractivity contribution in [3.63, 3.8) is 0 Å². The average molecular weight is 234 g/mol. The highest BCUT2D eigenvalue weighted by molar-refractivity contribution is 5.36. The van der Waals surface area contributed by atoms with Gasteiger partial charge in [-0.15, -0.1) is 0 Å². The second-order valence-electron chi connectivity index (χ2n) is 5.22. The molecule has 0 bridgehead atoms. The van der Waals surface area contributed by atoms with Crippen LogP contribution in [0.2, 0.25) is 0 Å². The van der Waals surface area contributed by atoms with Crippen molar-refractivity contribution in [2.75, 3.05) is 13.2 Å². The summed E-state index contributed by atoms with van der Waals surface area (Å²) in [6.45, 7) is 5.11. The second-order valence-corrected chi connectivity index (χ2v) is 5.22. The van der Waals surface area contributed by atoms with Gasteiger partial charge in [-0.25, -0.2) is 0 Å². The summed E-state index contributed by atoms with van der Waals surface area (Å²) in [6, 6.07) is 6.38. The smallest absolute Gasteiger partial charge is 0.122 e. The van der Waals surface area contributed by atoms with Crippen LogP contribution in [0.15, 0.2) is 18.2 Å². The molecule has 17 heavy (non-hydrogen) atoms. The van der Waals surface area contributed by atoms with Gasteiger partial charge in [-0.2, -0.15) is 0 Å². The Labute approximate surface area is 104 Å². The summed E-state index contributed by atoms with van der Waals surface area (Å²) in [6.07, 6.45) is 4.58. The molecule has 1 fully saturated rings. The van der Waals surface area contributed by atoms with Gasteiger partial charge in [0.1, 0.15) is 5.75 Å². The lowest BCUT2D eigenvalue weighted by molar-refractivity contribution is 0.0450. The van der Waals surface area contributed by atoms with E-state index in [2.05, 4.69) is 25.1 Å². The predicted molar refractivity (Wildman–Crippen MR) is 69.4 cm³/mol. The van der Waals surface area contributed by atoms with Gasteiger partial charge in [0, 0.05) is 6.61 Å². The lowest BCUT2D eigenvalue weighted by atomic mass is 9.66. The van der Waals surface area contributed by atoms with Gasteiger partial charge in [0.05, 0.1) is 6.61 Å². The Balaban J connectivity index is 2.09. The van der Waals surface area contributed by atoms with Crippen LogP contribution in [-0.4, -0.2) is 18.3 Å². The van der Waals surface area contributed by atoms with Gasteiger partial charge in [0.25, 0.3) is 0 Å². The van der Waals surface area contributed by atoms with Crippen molar-refractivity contribution in [2.45, 2.75) is 39.5 Å². The third-order valence-corrected chi connectivity index (χ3v) is 3.87. The Morgan fingerprint density at radius 2 is 2.12 bits per heavy atom. The van der Waals surface area contributed by atoms with Gasteiger partial charge in [-0.3, -0.25) is 0 Å². The molecule has 0 spiro atoms. The van der Waals surface area contributed by atoms with Gasteiger partial charge in [0.2, 0.25) is 0 Å². The monoisotopic (exact) mass is 234 g/mol. The van der Waals surface area contributed by atoms with E-state index in [0.717, 1.165) is 25.0 Å². The first kappa shape index (κ1) is 12.4. The molecule has 0 amide bonds.